The van der Waals surface area contributed by atoms with Crippen LogP contribution in [0, 0.1) is 6.92 Å². The van der Waals surface area contributed by atoms with Crippen molar-refractivity contribution >= 4 is 34.9 Å². The minimum Gasteiger partial charge on any atom is -0.394 e. The normalized spacial score (nSPS) is 18.4. The van der Waals surface area contributed by atoms with Gasteiger partial charge in [0.15, 0.2) is 5.82 Å². The first-order chi connectivity index (χ1) is 8.73. The van der Waals surface area contributed by atoms with Gasteiger partial charge >= 0.3 is 0 Å². The van der Waals surface area contributed by atoms with Crippen LogP contribution < -0.4 is 16.0 Å². The average molecular weight is 284 g/mol. The van der Waals surface area contributed by atoms with Crippen molar-refractivity contribution in [2.75, 3.05) is 17.2 Å². The summed E-state index contributed by atoms with van der Waals surface area (Å²) < 4.78 is 0. The van der Waals surface area contributed by atoms with E-state index >= 15 is 0 Å². The van der Waals surface area contributed by atoms with Crippen LogP contribution in [0.3, 0.4) is 0 Å². The molecule has 19 heavy (non-hydrogen) atoms. The van der Waals surface area contributed by atoms with Crippen molar-refractivity contribution < 1.29 is 9.59 Å². The minimum absolute atomic E-state index is 0.0181. The molecule has 0 aliphatic carbocycles. The van der Waals surface area contributed by atoms with Crippen molar-refractivity contribution in [2.24, 2.45) is 0 Å². The van der Waals surface area contributed by atoms with E-state index in [-0.39, 0.29) is 11.8 Å². The molecule has 7 nitrogen and oxygen atoms in total. The summed E-state index contributed by atoms with van der Waals surface area (Å²) in [7, 11) is 0. The molecule has 1 aromatic heterocycles. The Labute approximate surface area is 115 Å². The van der Waals surface area contributed by atoms with Crippen LogP contribution in [0.5, 0.6) is 0 Å². The summed E-state index contributed by atoms with van der Waals surface area (Å²) >= 11 is 5.82. The van der Waals surface area contributed by atoms with Crippen LogP contribution >= 0.6 is 11.6 Å². The SMILES string of the molecule is Cc1nc(Cl)nc(N2CC(=O)NC(=O)C2(C)C)c1N. The monoisotopic (exact) mass is 283 g/mol. The number of carbonyl (C=O) groups is 2. The third-order valence-electron chi connectivity index (χ3n) is 3.13. The second-order valence-corrected chi connectivity index (χ2v) is 5.18. The lowest BCUT2D eigenvalue weighted by atomic mass is 9.98. The molecule has 0 atom stereocenters. The van der Waals surface area contributed by atoms with Crippen LogP contribution in [0.15, 0.2) is 0 Å². The van der Waals surface area contributed by atoms with Crippen LogP contribution in [0.1, 0.15) is 19.5 Å². The Hall–Kier alpha value is -1.89. The van der Waals surface area contributed by atoms with Gasteiger partial charge in [-0.05, 0) is 32.4 Å². The van der Waals surface area contributed by atoms with Gasteiger partial charge in [-0.25, -0.2) is 4.98 Å². The van der Waals surface area contributed by atoms with Gasteiger partial charge in [0.1, 0.15) is 5.54 Å². The number of imide groups is 1. The third kappa shape index (κ3) is 2.21. The largest absolute Gasteiger partial charge is 0.394 e. The highest BCUT2D eigenvalue weighted by Gasteiger charge is 2.42. The molecule has 3 N–H and O–H groups in total. The van der Waals surface area contributed by atoms with Gasteiger partial charge in [0, 0.05) is 0 Å². The Morgan fingerprint density at radius 1 is 1.37 bits per heavy atom. The predicted octanol–water partition coefficient (Wildman–Crippen LogP) is 0.262. The van der Waals surface area contributed by atoms with E-state index < -0.39 is 17.4 Å². The highest BCUT2D eigenvalue weighted by molar-refractivity contribution is 6.28. The zero-order chi connectivity index (χ0) is 14.4. The molecule has 102 valence electrons. The molecule has 0 radical (unpaired) electrons. The Balaban J connectivity index is 2.56. The van der Waals surface area contributed by atoms with Crippen LogP contribution in [0.25, 0.3) is 0 Å². The molecule has 1 aliphatic rings. The third-order valence-corrected chi connectivity index (χ3v) is 3.30. The quantitative estimate of drug-likeness (QED) is 0.566. The molecule has 0 saturated carbocycles. The fourth-order valence-corrected chi connectivity index (χ4v) is 2.07. The summed E-state index contributed by atoms with van der Waals surface area (Å²) in [6.07, 6.45) is 0. The molecule has 2 amide bonds. The van der Waals surface area contributed by atoms with E-state index in [9.17, 15) is 9.59 Å². The van der Waals surface area contributed by atoms with E-state index in [2.05, 4.69) is 15.3 Å². The molecule has 0 aromatic carbocycles. The van der Waals surface area contributed by atoms with E-state index in [4.69, 9.17) is 17.3 Å². The molecular weight excluding hydrogens is 270 g/mol. The van der Waals surface area contributed by atoms with Crippen molar-refractivity contribution in [3.8, 4) is 0 Å². The predicted molar refractivity (Wildman–Crippen MR) is 70.8 cm³/mol. The molecule has 2 rings (SSSR count). The van der Waals surface area contributed by atoms with E-state index in [1.165, 1.54) is 4.90 Å². The number of anilines is 2. The maximum absolute atomic E-state index is 11.9. The van der Waals surface area contributed by atoms with Gasteiger partial charge in [-0.15, -0.1) is 0 Å². The first-order valence-electron chi connectivity index (χ1n) is 5.65. The number of hydrogen-bond donors (Lipinski definition) is 2. The first kappa shape index (κ1) is 13.5. The first-order valence-corrected chi connectivity index (χ1v) is 6.03. The van der Waals surface area contributed by atoms with Gasteiger partial charge in [0.2, 0.25) is 11.2 Å². The molecule has 0 spiro atoms. The Morgan fingerprint density at radius 2 is 2.00 bits per heavy atom. The number of nitrogens with two attached hydrogens (primary N) is 1. The van der Waals surface area contributed by atoms with Gasteiger partial charge in [0.05, 0.1) is 17.9 Å². The fourth-order valence-electron chi connectivity index (χ4n) is 1.86. The molecule has 1 saturated heterocycles. The van der Waals surface area contributed by atoms with E-state index in [1.807, 2.05) is 0 Å². The minimum atomic E-state index is -0.952. The lowest BCUT2D eigenvalue weighted by molar-refractivity contribution is -0.135. The van der Waals surface area contributed by atoms with Crippen LogP contribution in [-0.4, -0.2) is 33.9 Å². The zero-order valence-corrected chi connectivity index (χ0v) is 11.6. The second-order valence-electron chi connectivity index (χ2n) is 4.84. The van der Waals surface area contributed by atoms with Crippen molar-refractivity contribution in [2.45, 2.75) is 26.3 Å². The van der Waals surface area contributed by atoms with Crippen LogP contribution in [-0.2, 0) is 9.59 Å². The number of hydrogen-bond acceptors (Lipinski definition) is 6. The lowest BCUT2D eigenvalue weighted by Gasteiger charge is -2.41. The topological polar surface area (TPSA) is 101 Å². The molecule has 0 bridgehead atoms. The van der Waals surface area contributed by atoms with Gasteiger partial charge in [-0.3, -0.25) is 14.9 Å². The number of nitrogens with one attached hydrogen (secondary N) is 1. The lowest BCUT2D eigenvalue weighted by Crippen LogP contribution is -2.64. The molecule has 8 heteroatoms. The number of halogens is 1. The standard InChI is InChI=1S/C11H14ClN5O2/c1-5-7(13)8(16-10(12)14-5)17-4-6(18)15-9(19)11(17,2)3/h4,13H2,1-3H3,(H,15,18,19). The fraction of sp³-hybridized carbons (Fsp3) is 0.455. The molecule has 1 fully saturated rings. The number of nitrogen functional groups attached to an aromatic ring is 1. The molecule has 2 heterocycles. The van der Waals surface area contributed by atoms with Crippen molar-refractivity contribution in [3.63, 3.8) is 0 Å². The maximum Gasteiger partial charge on any atom is 0.251 e. The highest BCUT2D eigenvalue weighted by atomic mass is 35.5. The number of aryl methyl sites for hydroxylation is 1. The van der Waals surface area contributed by atoms with Gasteiger partial charge in [0.25, 0.3) is 5.91 Å². The Morgan fingerprint density at radius 3 is 2.63 bits per heavy atom. The van der Waals surface area contributed by atoms with Crippen LogP contribution in [0.4, 0.5) is 11.5 Å². The van der Waals surface area contributed by atoms with Gasteiger partial charge in [-0.2, -0.15) is 4.98 Å². The molecule has 0 unspecified atom stereocenters. The maximum atomic E-state index is 11.9. The van der Waals surface area contributed by atoms with Gasteiger partial charge in [-0.1, -0.05) is 0 Å². The zero-order valence-electron chi connectivity index (χ0n) is 10.8. The molecular formula is C11H14ClN5O2. The van der Waals surface area contributed by atoms with Crippen molar-refractivity contribution in [3.05, 3.63) is 11.0 Å². The number of amides is 2. The summed E-state index contributed by atoms with van der Waals surface area (Å²) in [5.74, 6) is -0.516. The number of carbonyl (C=O) groups excluding carboxylic acids is 2. The average Bonchev–Trinajstić information content (AvgIpc) is 2.29. The van der Waals surface area contributed by atoms with E-state index in [1.54, 1.807) is 20.8 Å². The number of piperazine rings is 1. The summed E-state index contributed by atoms with van der Waals surface area (Å²) in [5.41, 5.74) is 5.78. The Kier molecular flexibility index (Phi) is 3.09. The number of aromatic nitrogens is 2. The van der Waals surface area contributed by atoms with Crippen molar-refractivity contribution in [1.29, 1.82) is 0 Å². The summed E-state index contributed by atoms with van der Waals surface area (Å²) in [4.78, 5) is 32.9. The highest BCUT2D eigenvalue weighted by Crippen LogP contribution is 2.31. The van der Waals surface area contributed by atoms with Crippen LogP contribution in [0.2, 0.25) is 5.28 Å². The number of nitrogens with zero attached hydrogens (tertiary/aromatic N) is 3. The molecule has 1 aromatic rings. The molecule has 1 aliphatic heterocycles. The van der Waals surface area contributed by atoms with E-state index in [0.29, 0.717) is 17.2 Å². The summed E-state index contributed by atoms with van der Waals surface area (Å²) in [6, 6.07) is 0. The Bertz CT molecular complexity index is 572. The van der Waals surface area contributed by atoms with E-state index in [0.717, 1.165) is 0 Å². The number of rotatable bonds is 1. The second kappa shape index (κ2) is 4.34. The smallest absolute Gasteiger partial charge is 0.251 e. The summed E-state index contributed by atoms with van der Waals surface area (Å²) in [6.45, 7) is 5.03. The van der Waals surface area contributed by atoms with Gasteiger partial charge < -0.3 is 10.6 Å². The van der Waals surface area contributed by atoms with Crippen molar-refractivity contribution in [1.82, 2.24) is 15.3 Å². The summed E-state index contributed by atoms with van der Waals surface area (Å²) in [5, 5.41) is 2.31.